The number of hydrogen-bond acceptors (Lipinski definition) is 2. The summed E-state index contributed by atoms with van der Waals surface area (Å²) in [5.74, 6) is 1.63. The first-order valence-corrected chi connectivity index (χ1v) is 5.77. The van der Waals surface area contributed by atoms with Gasteiger partial charge in [-0.1, -0.05) is 32.4 Å². The van der Waals surface area contributed by atoms with E-state index in [1.807, 2.05) is 19.9 Å². The molecular formula is C12H17ClO2. The third-order valence-electron chi connectivity index (χ3n) is 2.06. The molecule has 0 aliphatic carbocycles. The van der Waals surface area contributed by atoms with Gasteiger partial charge in [0.15, 0.2) is 11.5 Å². The van der Waals surface area contributed by atoms with E-state index in [-0.39, 0.29) is 0 Å². The topological polar surface area (TPSA) is 18.5 Å². The van der Waals surface area contributed by atoms with Gasteiger partial charge < -0.3 is 9.47 Å². The zero-order chi connectivity index (χ0) is 11.3. The van der Waals surface area contributed by atoms with Crippen LogP contribution in [-0.2, 0) is 6.42 Å². The quantitative estimate of drug-likeness (QED) is 0.730. The molecule has 0 radical (unpaired) electrons. The molecule has 0 saturated carbocycles. The van der Waals surface area contributed by atoms with Gasteiger partial charge in [-0.2, -0.15) is 0 Å². The van der Waals surface area contributed by atoms with E-state index in [1.165, 1.54) is 0 Å². The summed E-state index contributed by atoms with van der Waals surface area (Å²) in [7, 11) is 0. The van der Waals surface area contributed by atoms with Crippen molar-refractivity contribution in [2.75, 3.05) is 13.2 Å². The largest absolute Gasteiger partial charge is 0.486 e. The summed E-state index contributed by atoms with van der Waals surface area (Å²) in [4.78, 5) is 0. The van der Waals surface area contributed by atoms with E-state index in [9.17, 15) is 0 Å². The van der Waals surface area contributed by atoms with Gasteiger partial charge in [-0.3, -0.25) is 0 Å². The van der Waals surface area contributed by atoms with Gasteiger partial charge in [0, 0.05) is 11.1 Å². The first-order valence-electron chi connectivity index (χ1n) is 5.39. The summed E-state index contributed by atoms with van der Waals surface area (Å²) in [6, 6.07) is 3.73. The average molecular weight is 229 g/mol. The van der Waals surface area contributed by atoms with Crippen LogP contribution in [0.1, 0.15) is 26.3 Å². The summed E-state index contributed by atoms with van der Waals surface area (Å²) in [6.07, 6.45) is 0.909. The first-order chi connectivity index (χ1) is 7.31. The highest BCUT2D eigenvalue weighted by atomic mass is 35.5. The summed E-state index contributed by atoms with van der Waals surface area (Å²) < 4.78 is 11.0. The number of rotatable bonds is 1. The van der Waals surface area contributed by atoms with E-state index < -0.39 is 0 Å². The molecule has 0 aromatic heterocycles. The van der Waals surface area contributed by atoms with E-state index in [1.54, 1.807) is 6.07 Å². The van der Waals surface area contributed by atoms with Crippen LogP contribution in [-0.4, -0.2) is 13.2 Å². The van der Waals surface area contributed by atoms with Crippen molar-refractivity contribution in [1.82, 2.24) is 0 Å². The van der Waals surface area contributed by atoms with Gasteiger partial charge in [-0.15, -0.1) is 0 Å². The zero-order valence-corrected chi connectivity index (χ0v) is 10.2. The number of ether oxygens (including phenoxy) is 2. The molecule has 0 fully saturated rings. The Hall–Kier alpha value is -0.890. The van der Waals surface area contributed by atoms with E-state index in [4.69, 9.17) is 21.1 Å². The average Bonchev–Trinajstić information content (AvgIpc) is 2.30. The summed E-state index contributed by atoms with van der Waals surface area (Å²) >= 11 is 5.93. The molecular weight excluding hydrogens is 212 g/mol. The van der Waals surface area contributed by atoms with Gasteiger partial charge in [0.1, 0.15) is 13.2 Å². The SMILES string of the molecule is CC.CCc1cc(Cl)cc2c1OCCO2. The Morgan fingerprint density at radius 3 is 2.53 bits per heavy atom. The lowest BCUT2D eigenvalue weighted by Gasteiger charge is -2.20. The van der Waals surface area contributed by atoms with Crippen LogP contribution in [0, 0.1) is 0 Å². The molecule has 0 N–H and O–H groups in total. The number of hydrogen-bond donors (Lipinski definition) is 0. The van der Waals surface area contributed by atoms with Crippen molar-refractivity contribution in [2.24, 2.45) is 0 Å². The third-order valence-corrected chi connectivity index (χ3v) is 2.28. The lowest BCUT2D eigenvalue weighted by atomic mass is 10.1. The van der Waals surface area contributed by atoms with E-state index in [0.717, 1.165) is 23.5 Å². The molecule has 0 bridgehead atoms. The highest BCUT2D eigenvalue weighted by molar-refractivity contribution is 6.30. The Morgan fingerprint density at radius 1 is 1.20 bits per heavy atom. The smallest absolute Gasteiger partial charge is 0.164 e. The Kier molecular flexibility index (Phi) is 4.76. The molecule has 0 atom stereocenters. The minimum Gasteiger partial charge on any atom is -0.486 e. The fraction of sp³-hybridized carbons (Fsp3) is 0.500. The second-order valence-electron chi connectivity index (χ2n) is 2.94. The van der Waals surface area contributed by atoms with Gasteiger partial charge in [0.2, 0.25) is 0 Å². The maximum absolute atomic E-state index is 5.93. The van der Waals surface area contributed by atoms with E-state index in [0.29, 0.717) is 18.2 Å². The fourth-order valence-corrected chi connectivity index (χ4v) is 1.68. The molecule has 0 unspecified atom stereocenters. The van der Waals surface area contributed by atoms with Gasteiger partial charge >= 0.3 is 0 Å². The predicted molar refractivity (Wildman–Crippen MR) is 63.2 cm³/mol. The molecule has 3 heteroatoms. The molecule has 15 heavy (non-hydrogen) atoms. The van der Waals surface area contributed by atoms with Crippen LogP contribution in [0.4, 0.5) is 0 Å². The summed E-state index contributed by atoms with van der Waals surface area (Å²) in [5, 5.41) is 0.709. The molecule has 1 aromatic carbocycles. The van der Waals surface area contributed by atoms with Crippen LogP contribution in [0.3, 0.4) is 0 Å². The van der Waals surface area contributed by atoms with Gasteiger partial charge in [-0.05, 0) is 18.1 Å². The van der Waals surface area contributed by atoms with Crippen LogP contribution < -0.4 is 9.47 Å². The monoisotopic (exact) mass is 228 g/mol. The molecule has 2 rings (SSSR count). The lowest BCUT2D eigenvalue weighted by Crippen LogP contribution is -2.16. The van der Waals surface area contributed by atoms with Gasteiger partial charge in [0.05, 0.1) is 0 Å². The molecule has 1 aliphatic heterocycles. The Labute approximate surface area is 96.2 Å². The standard InChI is InChI=1S/C10H11ClO2.C2H6/c1-2-7-5-8(11)6-9-10(7)13-4-3-12-9;1-2/h5-6H,2-4H2,1H3;1-2H3. The maximum atomic E-state index is 5.93. The van der Waals surface area contributed by atoms with Crippen LogP contribution in [0.5, 0.6) is 11.5 Å². The van der Waals surface area contributed by atoms with Crippen molar-refractivity contribution in [3.05, 3.63) is 22.7 Å². The minimum absolute atomic E-state index is 0.608. The second-order valence-corrected chi connectivity index (χ2v) is 3.38. The lowest BCUT2D eigenvalue weighted by molar-refractivity contribution is 0.170. The first kappa shape index (κ1) is 12.2. The van der Waals surface area contributed by atoms with Crippen molar-refractivity contribution < 1.29 is 9.47 Å². The summed E-state index contributed by atoms with van der Waals surface area (Å²) in [5.41, 5.74) is 1.11. The Bertz CT molecular complexity index is 306. The minimum atomic E-state index is 0.608. The van der Waals surface area contributed by atoms with Crippen LogP contribution in [0.25, 0.3) is 0 Å². The van der Waals surface area contributed by atoms with Crippen LogP contribution in [0.2, 0.25) is 5.02 Å². The molecule has 2 nitrogen and oxygen atoms in total. The van der Waals surface area contributed by atoms with Gasteiger partial charge in [0.25, 0.3) is 0 Å². The molecule has 0 spiro atoms. The molecule has 0 saturated heterocycles. The summed E-state index contributed by atoms with van der Waals surface area (Å²) in [6.45, 7) is 7.31. The molecule has 0 amide bonds. The fourth-order valence-electron chi connectivity index (χ4n) is 1.45. The van der Waals surface area contributed by atoms with Crippen molar-refractivity contribution >= 4 is 11.6 Å². The van der Waals surface area contributed by atoms with E-state index in [2.05, 4.69) is 6.92 Å². The molecule has 1 aromatic rings. The highest BCUT2D eigenvalue weighted by Gasteiger charge is 2.15. The second kappa shape index (κ2) is 5.86. The molecule has 84 valence electrons. The number of aryl methyl sites for hydroxylation is 1. The number of fused-ring (bicyclic) bond motifs is 1. The van der Waals surface area contributed by atoms with Crippen molar-refractivity contribution in [3.63, 3.8) is 0 Å². The molecule has 1 heterocycles. The Morgan fingerprint density at radius 2 is 1.87 bits per heavy atom. The highest BCUT2D eigenvalue weighted by Crippen LogP contribution is 2.36. The predicted octanol–water partition coefficient (Wildman–Crippen LogP) is 3.70. The third kappa shape index (κ3) is 2.78. The van der Waals surface area contributed by atoms with Gasteiger partial charge in [-0.25, -0.2) is 0 Å². The Balaban J connectivity index is 0.000000531. The van der Waals surface area contributed by atoms with Crippen LogP contribution in [0.15, 0.2) is 12.1 Å². The van der Waals surface area contributed by atoms with E-state index >= 15 is 0 Å². The zero-order valence-electron chi connectivity index (χ0n) is 9.47. The normalized spacial score (nSPS) is 12.8. The molecule has 1 aliphatic rings. The van der Waals surface area contributed by atoms with Crippen molar-refractivity contribution in [2.45, 2.75) is 27.2 Å². The van der Waals surface area contributed by atoms with Crippen LogP contribution >= 0.6 is 11.6 Å². The van der Waals surface area contributed by atoms with Crippen molar-refractivity contribution in [3.8, 4) is 11.5 Å². The number of halogens is 1. The van der Waals surface area contributed by atoms with Crippen molar-refractivity contribution in [1.29, 1.82) is 0 Å². The maximum Gasteiger partial charge on any atom is 0.164 e. The number of benzene rings is 1.